The number of amides is 2. The van der Waals surface area contributed by atoms with Crippen LogP contribution in [0.2, 0.25) is 0 Å². The van der Waals surface area contributed by atoms with Crippen LogP contribution in [0.15, 0.2) is 29.5 Å². The lowest BCUT2D eigenvalue weighted by atomic mass is 9.94. The summed E-state index contributed by atoms with van der Waals surface area (Å²) in [4.78, 5) is 25.1. The number of nitrogens with one attached hydrogen (secondary N) is 1. The van der Waals surface area contributed by atoms with Crippen LogP contribution in [0.3, 0.4) is 0 Å². The quantitative estimate of drug-likeness (QED) is 0.782. The van der Waals surface area contributed by atoms with Crippen LogP contribution in [-0.4, -0.2) is 18.9 Å². The fraction of sp³-hybridized carbons (Fsp3) is 0.333. The first-order valence-corrected chi connectivity index (χ1v) is 6.25. The first-order chi connectivity index (χ1) is 8.90. The lowest BCUT2D eigenvalue weighted by Crippen LogP contribution is -2.35. The number of rotatable bonds is 1. The van der Waals surface area contributed by atoms with Gasteiger partial charge in [-0.25, -0.2) is 0 Å². The number of allylic oxidation sites excluding steroid dienone is 1. The van der Waals surface area contributed by atoms with Gasteiger partial charge in [-0.3, -0.25) is 9.59 Å². The molecular formula is C15H18N2O2. The third kappa shape index (κ3) is 2.52. The van der Waals surface area contributed by atoms with E-state index in [-0.39, 0.29) is 11.8 Å². The zero-order valence-corrected chi connectivity index (χ0v) is 11.7. The van der Waals surface area contributed by atoms with Crippen molar-refractivity contribution in [3.63, 3.8) is 0 Å². The highest BCUT2D eigenvalue weighted by Gasteiger charge is 2.27. The van der Waals surface area contributed by atoms with Crippen molar-refractivity contribution in [3.05, 3.63) is 40.6 Å². The van der Waals surface area contributed by atoms with Crippen molar-refractivity contribution in [2.45, 2.75) is 27.2 Å². The van der Waals surface area contributed by atoms with Crippen LogP contribution in [0.25, 0.3) is 0 Å². The summed E-state index contributed by atoms with van der Waals surface area (Å²) in [5, 5.41) is 2.70. The van der Waals surface area contributed by atoms with Crippen molar-refractivity contribution in [3.8, 4) is 0 Å². The predicted octanol–water partition coefficient (Wildman–Crippen LogP) is 1.92. The highest BCUT2D eigenvalue weighted by atomic mass is 16.2. The van der Waals surface area contributed by atoms with Crippen LogP contribution < -0.4 is 10.2 Å². The normalized spacial score (nSPS) is 17.1. The Morgan fingerprint density at radius 3 is 2.63 bits per heavy atom. The molecule has 1 aliphatic rings. The second kappa shape index (κ2) is 4.88. The van der Waals surface area contributed by atoms with Crippen molar-refractivity contribution in [2.75, 3.05) is 11.9 Å². The monoisotopic (exact) mass is 258 g/mol. The van der Waals surface area contributed by atoms with Crippen molar-refractivity contribution >= 4 is 17.5 Å². The molecule has 0 spiro atoms. The number of fused-ring (bicyclic) bond motifs is 1. The summed E-state index contributed by atoms with van der Waals surface area (Å²) in [7, 11) is 1.76. The highest BCUT2D eigenvalue weighted by Crippen LogP contribution is 2.30. The van der Waals surface area contributed by atoms with Crippen LogP contribution in [-0.2, 0) is 16.0 Å². The minimum atomic E-state index is -0.157. The van der Waals surface area contributed by atoms with E-state index in [0.29, 0.717) is 17.7 Å². The van der Waals surface area contributed by atoms with Crippen molar-refractivity contribution in [1.82, 2.24) is 5.32 Å². The molecule has 0 saturated carbocycles. The number of hydrogen-bond donors (Lipinski definition) is 1. The number of benzene rings is 1. The molecule has 0 unspecified atom stereocenters. The summed E-state index contributed by atoms with van der Waals surface area (Å²) in [6.07, 6.45) is 0.562. The van der Waals surface area contributed by atoms with Gasteiger partial charge in [-0.05, 0) is 25.5 Å². The number of carbonyl (C=O) groups is 2. The number of likely N-dealkylation sites (N-methyl/N-ethyl adjacent to an activating group) is 1. The van der Waals surface area contributed by atoms with E-state index in [4.69, 9.17) is 0 Å². The standard InChI is InChI=1S/C15H18N2O2/c1-9-5-6-14-12(7-9)8-13(15(19)17(14)4)10(2)16-11(3)18/h5-7H,8H2,1-4H3,(H,16,18)/b13-10-. The molecule has 0 fully saturated rings. The third-order valence-corrected chi connectivity index (χ3v) is 3.34. The molecule has 4 heteroatoms. The van der Waals surface area contributed by atoms with E-state index in [2.05, 4.69) is 11.4 Å². The smallest absolute Gasteiger partial charge is 0.256 e. The molecule has 0 saturated heterocycles. The topological polar surface area (TPSA) is 49.4 Å². The molecule has 0 atom stereocenters. The van der Waals surface area contributed by atoms with Gasteiger partial charge < -0.3 is 10.2 Å². The Kier molecular flexibility index (Phi) is 3.42. The van der Waals surface area contributed by atoms with Gasteiger partial charge >= 0.3 is 0 Å². The maximum Gasteiger partial charge on any atom is 0.256 e. The lowest BCUT2D eigenvalue weighted by molar-refractivity contribution is -0.118. The lowest BCUT2D eigenvalue weighted by Gasteiger charge is -2.29. The van der Waals surface area contributed by atoms with Crippen LogP contribution in [0.1, 0.15) is 25.0 Å². The summed E-state index contributed by atoms with van der Waals surface area (Å²) in [5.41, 5.74) is 4.50. The molecule has 100 valence electrons. The van der Waals surface area contributed by atoms with E-state index in [1.165, 1.54) is 6.92 Å². The molecule has 19 heavy (non-hydrogen) atoms. The van der Waals surface area contributed by atoms with Crippen LogP contribution in [0.5, 0.6) is 0 Å². The molecule has 0 aromatic heterocycles. The van der Waals surface area contributed by atoms with Crippen LogP contribution >= 0.6 is 0 Å². The molecule has 0 radical (unpaired) electrons. The zero-order valence-electron chi connectivity index (χ0n) is 11.7. The zero-order chi connectivity index (χ0) is 14.2. The Labute approximate surface area is 113 Å². The minimum Gasteiger partial charge on any atom is -0.330 e. The van der Waals surface area contributed by atoms with Gasteiger partial charge in [0.1, 0.15) is 0 Å². The second-order valence-electron chi connectivity index (χ2n) is 4.96. The van der Waals surface area contributed by atoms with Gasteiger partial charge in [0.15, 0.2) is 0 Å². The van der Waals surface area contributed by atoms with Crippen LogP contribution in [0.4, 0.5) is 5.69 Å². The van der Waals surface area contributed by atoms with Crippen molar-refractivity contribution in [1.29, 1.82) is 0 Å². The highest BCUT2D eigenvalue weighted by molar-refractivity contribution is 6.08. The SMILES string of the molecule is CC(=O)N/C(C)=C1/Cc2cc(C)ccc2N(C)C1=O. The number of carbonyl (C=O) groups excluding carboxylic acids is 2. The number of hydrogen-bond acceptors (Lipinski definition) is 2. The van der Waals surface area contributed by atoms with Gasteiger partial charge in [-0.1, -0.05) is 17.7 Å². The molecule has 1 N–H and O–H groups in total. The number of nitrogens with zero attached hydrogens (tertiary/aromatic N) is 1. The Bertz CT molecular complexity index is 588. The molecule has 2 rings (SSSR count). The van der Waals surface area contributed by atoms with E-state index in [9.17, 15) is 9.59 Å². The summed E-state index contributed by atoms with van der Waals surface area (Å²) in [6, 6.07) is 6.05. The van der Waals surface area contributed by atoms with E-state index in [1.807, 2.05) is 19.1 Å². The maximum atomic E-state index is 12.3. The molecule has 0 bridgehead atoms. The first kappa shape index (κ1) is 13.3. The molecule has 0 aliphatic carbocycles. The first-order valence-electron chi connectivity index (χ1n) is 6.25. The van der Waals surface area contributed by atoms with E-state index in [0.717, 1.165) is 16.8 Å². The Morgan fingerprint density at radius 2 is 2.00 bits per heavy atom. The van der Waals surface area contributed by atoms with Crippen LogP contribution in [0, 0.1) is 6.92 Å². The molecule has 1 heterocycles. The van der Waals surface area contributed by atoms with E-state index < -0.39 is 0 Å². The van der Waals surface area contributed by atoms with Gasteiger partial charge in [0.2, 0.25) is 5.91 Å². The average molecular weight is 258 g/mol. The molecule has 4 nitrogen and oxygen atoms in total. The van der Waals surface area contributed by atoms with Crippen molar-refractivity contribution < 1.29 is 9.59 Å². The van der Waals surface area contributed by atoms with E-state index in [1.54, 1.807) is 18.9 Å². The molecule has 1 aromatic rings. The fourth-order valence-electron chi connectivity index (χ4n) is 2.39. The molecule has 2 amide bonds. The fourth-order valence-corrected chi connectivity index (χ4v) is 2.39. The Hall–Kier alpha value is -2.10. The molecular weight excluding hydrogens is 240 g/mol. The number of aryl methyl sites for hydroxylation is 1. The summed E-state index contributed by atoms with van der Waals surface area (Å²) < 4.78 is 0. The Morgan fingerprint density at radius 1 is 1.32 bits per heavy atom. The van der Waals surface area contributed by atoms with Gasteiger partial charge in [0.05, 0.1) is 0 Å². The van der Waals surface area contributed by atoms with Gasteiger partial charge in [-0.15, -0.1) is 0 Å². The predicted molar refractivity (Wildman–Crippen MR) is 74.8 cm³/mol. The molecule has 1 aromatic carbocycles. The van der Waals surface area contributed by atoms with E-state index >= 15 is 0 Å². The maximum absolute atomic E-state index is 12.3. The van der Waals surface area contributed by atoms with Gasteiger partial charge in [0, 0.05) is 37.3 Å². The number of anilines is 1. The summed E-state index contributed by atoms with van der Waals surface area (Å²) in [6.45, 7) is 5.24. The van der Waals surface area contributed by atoms with Crippen molar-refractivity contribution in [2.24, 2.45) is 0 Å². The average Bonchev–Trinajstić information content (AvgIpc) is 2.32. The summed E-state index contributed by atoms with van der Waals surface area (Å²) >= 11 is 0. The second-order valence-corrected chi connectivity index (χ2v) is 4.96. The van der Waals surface area contributed by atoms with Gasteiger partial charge in [0.25, 0.3) is 5.91 Å². The minimum absolute atomic E-state index is 0.0531. The summed E-state index contributed by atoms with van der Waals surface area (Å²) in [5.74, 6) is -0.210. The van der Waals surface area contributed by atoms with Gasteiger partial charge in [-0.2, -0.15) is 0 Å². The molecule has 1 aliphatic heterocycles. The Balaban J connectivity index is 2.47. The third-order valence-electron chi connectivity index (χ3n) is 3.34. The largest absolute Gasteiger partial charge is 0.330 e.